The van der Waals surface area contributed by atoms with Crippen LogP contribution in [-0.4, -0.2) is 11.5 Å². The average molecular weight is 140 g/mol. The Balaban J connectivity index is 2.75. The summed E-state index contributed by atoms with van der Waals surface area (Å²) >= 11 is 0. The second-order valence-electron chi connectivity index (χ2n) is 2.00. The van der Waals surface area contributed by atoms with Crippen molar-refractivity contribution in [3.05, 3.63) is 29.8 Å². The maximum atomic E-state index is 12.4. The quantitative estimate of drug-likeness (QED) is 0.657. The van der Waals surface area contributed by atoms with Crippen LogP contribution in [0.3, 0.4) is 0 Å². The number of nitrogens with two attached hydrogens (primary N) is 1. The largest absolute Gasteiger partial charge is 0.330 e. The Morgan fingerprint density at radius 2 is 2.40 bits per heavy atom. The van der Waals surface area contributed by atoms with Crippen LogP contribution in [0.2, 0.25) is 0 Å². The summed E-state index contributed by atoms with van der Waals surface area (Å²) in [5.74, 6) is -0.251. The summed E-state index contributed by atoms with van der Waals surface area (Å²) in [4.78, 5) is 3.91. The van der Waals surface area contributed by atoms with Crippen LogP contribution in [0.15, 0.2) is 18.3 Å². The lowest BCUT2D eigenvalue weighted by atomic mass is 10.3. The van der Waals surface area contributed by atoms with Gasteiger partial charge >= 0.3 is 0 Å². The van der Waals surface area contributed by atoms with E-state index in [9.17, 15) is 4.39 Å². The Morgan fingerprint density at radius 3 is 3.00 bits per heavy atom. The summed E-state index contributed by atoms with van der Waals surface area (Å²) in [5.41, 5.74) is 5.96. The predicted molar refractivity (Wildman–Crippen MR) is 37.0 cm³/mol. The van der Waals surface area contributed by atoms with Crippen molar-refractivity contribution >= 4 is 0 Å². The van der Waals surface area contributed by atoms with Gasteiger partial charge in [0.05, 0.1) is 0 Å². The highest BCUT2D eigenvalue weighted by molar-refractivity contribution is 5.05. The van der Waals surface area contributed by atoms with Crippen LogP contribution in [-0.2, 0) is 6.42 Å². The van der Waals surface area contributed by atoms with E-state index in [2.05, 4.69) is 4.98 Å². The highest BCUT2D eigenvalue weighted by Gasteiger charge is 1.93. The van der Waals surface area contributed by atoms with Gasteiger partial charge in [0.15, 0.2) is 0 Å². The van der Waals surface area contributed by atoms with Crippen LogP contribution < -0.4 is 5.73 Å². The van der Waals surface area contributed by atoms with Gasteiger partial charge in [-0.1, -0.05) is 0 Å². The third-order valence-corrected chi connectivity index (χ3v) is 1.18. The Morgan fingerprint density at radius 1 is 1.60 bits per heavy atom. The molecule has 0 saturated heterocycles. The van der Waals surface area contributed by atoms with Gasteiger partial charge in [-0.3, -0.25) is 4.98 Å². The first kappa shape index (κ1) is 7.15. The number of halogens is 1. The fourth-order valence-corrected chi connectivity index (χ4v) is 0.733. The predicted octanol–water partition coefficient (Wildman–Crippen LogP) is 0.722. The number of rotatable bonds is 2. The van der Waals surface area contributed by atoms with Crippen molar-refractivity contribution in [2.45, 2.75) is 6.42 Å². The SMILES string of the molecule is NCCc1cc(F)ccn1. The van der Waals surface area contributed by atoms with Crippen LogP contribution in [0, 0.1) is 5.82 Å². The Bertz CT molecular complexity index is 213. The molecule has 0 unspecified atom stereocenters. The van der Waals surface area contributed by atoms with E-state index in [0.717, 1.165) is 0 Å². The molecule has 2 nitrogen and oxygen atoms in total. The molecule has 0 amide bonds. The first-order valence-electron chi connectivity index (χ1n) is 3.13. The minimum atomic E-state index is -0.251. The summed E-state index contributed by atoms with van der Waals surface area (Å²) < 4.78 is 12.4. The minimum absolute atomic E-state index is 0.251. The lowest BCUT2D eigenvalue weighted by Gasteiger charge is -1.95. The number of nitrogens with zero attached hydrogens (tertiary/aromatic N) is 1. The molecule has 3 heteroatoms. The van der Waals surface area contributed by atoms with Gasteiger partial charge in [0.25, 0.3) is 0 Å². The van der Waals surface area contributed by atoms with E-state index in [0.29, 0.717) is 18.7 Å². The molecule has 0 fully saturated rings. The molecule has 1 heterocycles. The minimum Gasteiger partial charge on any atom is -0.330 e. The molecule has 2 N–H and O–H groups in total. The molecule has 0 aliphatic carbocycles. The molecule has 1 aromatic heterocycles. The lowest BCUT2D eigenvalue weighted by molar-refractivity contribution is 0.621. The maximum Gasteiger partial charge on any atom is 0.126 e. The van der Waals surface area contributed by atoms with Gasteiger partial charge in [0, 0.05) is 18.3 Å². The molecule has 0 bridgehead atoms. The second kappa shape index (κ2) is 3.27. The smallest absolute Gasteiger partial charge is 0.126 e. The van der Waals surface area contributed by atoms with Gasteiger partial charge in [-0.15, -0.1) is 0 Å². The van der Waals surface area contributed by atoms with E-state index in [4.69, 9.17) is 5.73 Å². The highest BCUT2D eigenvalue weighted by Crippen LogP contribution is 1.98. The number of pyridine rings is 1. The maximum absolute atomic E-state index is 12.4. The normalized spacial score (nSPS) is 9.80. The van der Waals surface area contributed by atoms with Crippen LogP contribution in [0.4, 0.5) is 4.39 Å². The first-order valence-corrected chi connectivity index (χ1v) is 3.13. The summed E-state index contributed by atoms with van der Waals surface area (Å²) in [5, 5.41) is 0. The molecule has 0 aliphatic rings. The van der Waals surface area contributed by atoms with Crippen LogP contribution in [0.1, 0.15) is 5.69 Å². The van der Waals surface area contributed by atoms with Gasteiger partial charge in [-0.2, -0.15) is 0 Å². The molecular weight excluding hydrogens is 131 g/mol. The fraction of sp³-hybridized carbons (Fsp3) is 0.286. The highest BCUT2D eigenvalue weighted by atomic mass is 19.1. The molecule has 0 radical (unpaired) electrons. The molecule has 0 aliphatic heterocycles. The topological polar surface area (TPSA) is 38.9 Å². The van der Waals surface area contributed by atoms with Gasteiger partial charge in [-0.25, -0.2) is 4.39 Å². The third kappa shape index (κ3) is 1.77. The van der Waals surface area contributed by atoms with Crippen LogP contribution in [0.25, 0.3) is 0 Å². The molecule has 0 saturated carbocycles. The number of aromatic nitrogens is 1. The van der Waals surface area contributed by atoms with Gasteiger partial charge < -0.3 is 5.73 Å². The van der Waals surface area contributed by atoms with Crippen LogP contribution >= 0.6 is 0 Å². The van der Waals surface area contributed by atoms with Crippen molar-refractivity contribution in [2.75, 3.05) is 6.54 Å². The molecule has 1 aromatic rings. The third-order valence-electron chi connectivity index (χ3n) is 1.18. The first-order chi connectivity index (χ1) is 4.83. The Kier molecular flexibility index (Phi) is 2.34. The molecular formula is C7H9FN2. The zero-order valence-corrected chi connectivity index (χ0v) is 5.55. The lowest BCUT2D eigenvalue weighted by Crippen LogP contribution is -2.04. The number of hydrogen-bond acceptors (Lipinski definition) is 2. The van der Waals surface area contributed by atoms with Crippen molar-refractivity contribution in [3.8, 4) is 0 Å². The zero-order chi connectivity index (χ0) is 7.40. The summed E-state index contributed by atoms with van der Waals surface area (Å²) in [6.45, 7) is 0.510. The number of hydrogen-bond donors (Lipinski definition) is 1. The van der Waals surface area contributed by atoms with Crippen LogP contribution in [0.5, 0.6) is 0 Å². The van der Waals surface area contributed by atoms with Crippen molar-refractivity contribution in [1.82, 2.24) is 4.98 Å². The van der Waals surface area contributed by atoms with E-state index in [1.165, 1.54) is 18.3 Å². The fourth-order valence-electron chi connectivity index (χ4n) is 0.733. The van der Waals surface area contributed by atoms with Crippen molar-refractivity contribution in [2.24, 2.45) is 5.73 Å². The monoisotopic (exact) mass is 140 g/mol. The average Bonchev–Trinajstić information content (AvgIpc) is 1.88. The summed E-state index contributed by atoms with van der Waals surface area (Å²) in [6.07, 6.45) is 2.08. The van der Waals surface area contributed by atoms with E-state index < -0.39 is 0 Å². The molecule has 0 atom stereocenters. The van der Waals surface area contributed by atoms with E-state index >= 15 is 0 Å². The van der Waals surface area contributed by atoms with E-state index in [1.54, 1.807) is 0 Å². The summed E-state index contributed by atoms with van der Waals surface area (Å²) in [6, 6.07) is 2.72. The van der Waals surface area contributed by atoms with Gasteiger partial charge in [-0.05, 0) is 18.7 Å². The molecule has 54 valence electrons. The molecule has 0 aromatic carbocycles. The Hall–Kier alpha value is -0.960. The second-order valence-corrected chi connectivity index (χ2v) is 2.00. The van der Waals surface area contributed by atoms with Gasteiger partial charge in [0.2, 0.25) is 0 Å². The van der Waals surface area contributed by atoms with Crippen molar-refractivity contribution in [3.63, 3.8) is 0 Å². The summed E-state index contributed by atoms with van der Waals surface area (Å²) in [7, 11) is 0. The molecule has 0 spiro atoms. The van der Waals surface area contributed by atoms with E-state index in [1.807, 2.05) is 0 Å². The van der Waals surface area contributed by atoms with E-state index in [-0.39, 0.29) is 5.82 Å². The van der Waals surface area contributed by atoms with Crippen molar-refractivity contribution in [1.29, 1.82) is 0 Å². The standard InChI is InChI=1S/C7H9FN2/c8-6-2-4-10-7(5-6)1-3-9/h2,4-5H,1,3,9H2. The Labute approximate surface area is 58.9 Å². The molecule has 1 rings (SSSR count). The van der Waals surface area contributed by atoms with Gasteiger partial charge in [0.1, 0.15) is 5.82 Å². The molecule has 10 heavy (non-hydrogen) atoms. The van der Waals surface area contributed by atoms with Crippen molar-refractivity contribution < 1.29 is 4.39 Å². The zero-order valence-electron chi connectivity index (χ0n) is 5.55.